The highest BCUT2D eigenvalue weighted by atomic mass is 19.1. The lowest BCUT2D eigenvalue weighted by atomic mass is 10.1. The average molecular weight is 240 g/mol. The maximum atomic E-state index is 13.7. The Morgan fingerprint density at radius 1 is 1.41 bits per heavy atom. The number of ether oxygens (including phenoxy) is 2. The summed E-state index contributed by atoms with van der Waals surface area (Å²) >= 11 is 0. The van der Waals surface area contributed by atoms with Crippen LogP contribution in [0.5, 0.6) is 5.75 Å². The predicted octanol–water partition coefficient (Wildman–Crippen LogP) is 2.37. The van der Waals surface area contributed by atoms with Gasteiger partial charge >= 0.3 is 0 Å². The first-order chi connectivity index (χ1) is 8.04. The Morgan fingerprint density at radius 2 is 2.12 bits per heavy atom. The van der Waals surface area contributed by atoms with E-state index in [4.69, 9.17) is 9.47 Å². The van der Waals surface area contributed by atoms with Gasteiger partial charge in [0.15, 0.2) is 17.3 Å². The number of rotatable bonds is 6. The molecule has 0 aliphatic rings. The monoisotopic (exact) mass is 240 g/mol. The Hall–Kier alpha value is -1.42. The van der Waals surface area contributed by atoms with E-state index >= 15 is 0 Å². The molecular formula is C13H17FO3. The summed E-state index contributed by atoms with van der Waals surface area (Å²) in [4.78, 5) is 11.5. The highest BCUT2D eigenvalue weighted by Gasteiger charge is 2.12. The summed E-state index contributed by atoms with van der Waals surface area (Å²) in [7, 11) is 1.39. The first-order valence-electron chi connectivity index (χ1n) is 5.49. The highest BCUT2D eigenvalue weighted by Crippen LogP contribution is 2.20. The molecule has 1 aromatic carbocycles. The van der Waals surface area contributed by atoms with Gasteiger partial charge in [-0.2, -0.15) is 0 Å². The van der Waals surface area contributed by atoms with E-state index in [1.807, 2.05) is 13.8 Å². The molecule has 0 aliphatic heterocycles. The lowest BCUT2D eigenvalue weighted by molar-refractivity contribution is -0.124. The van der Waals surface area contributed by atoms with Crippen LogP contribution in [0.2, 0.25) is 0 Å². The van der Waals surface area contributed by atoms with Gasteiger partial charge in [0.25, 0.3) is 0 Å². The minimum absolute atomic E-state index is 0.00546. The van der Waals surface area contributed by atoms with Crippen molar-refractivity contribution in [2.75, 3.05) is 13.7 Å². The largest absolute Gasteiger partial charge is 0.494 e. The minimum atomic E-state index is -0.479. The molecule has 0 aliphatic carbocycles. The van der Waals surface area contributed by atoms with Gasteiger partial charge in [0.2, 0.25) is 0 Å². The summed E-state index contributed by atoms with van der Waals surface area (Å²) in [5, 5.41) is 0. The fraction of sp³-hybridized carbons (Fsp3) is 0.462. The number of carbonyl (C=O) groups excluding carboxylic acids is 1. The van der Waals surface area contributed by atoms with Crippen LogP contribution in [0.25, 0.3) is 0 Å². The molecule has 0 saturated heterocycles. The Balaban J connectivity index is 2.65. The molecule has 3 nitrogen and oxygen atoms in total. The van der Waals surface area contributed by atoms with Gasteiger partial charge in [0.05, 0.1) is 13.2 Å². The highest BCUT2D eigenvalue weighted by molar-refractivity contribution is 5.82. The third-order valence-corrected chi connectivity index (χ3v) is 2.23. The number of hydrogen-bond donors (Lipinski definition) is 0. The third kappa shape index (κ3) is 4.15. The van der Waals surface area contributed by atoms with Crippen molar-refractivity contribution in [3.05, 3.63) is 29.6 Å². The fourth-order valence-corrected chi connectivity index (χ4v) is 1.37. The molecule has 0 spiro atoms. The third-order valence-electron chi connectivity index (χ3n) is 2.23. The average Bonchev–Trinajstić information content (AvgIpc) is 2.29. The van der Waals surface area contributed by atoms with Crippen LogP contribution in [-0.4, -0.2) is 25.6 Å². The SMILES string of the molecule is COc1cccc(CC(=O)COC(C)C)c1F. The van der Waals surface area contributed by atoms with Crippen LogP contribution < -0.4 is 4.74 Å². The zero-order valence-electron chi connectivity index (χ0n) is 10.3. The lowest BCUT2D eigenvalue weighted by Gasteiger charge is -2.08. The second kappa shape index (κ2) is 6.35. The van der Waals surface area contributed by atoms with Gasteiger partial charge in [-0.1, -0.05) is 12.1 Å². The van der Waals surface area contributed by atoms with Crippen LogP contribution >= 0.6 is 0 Å². The Bertz CT molecular complexity index is 388. The molecule has 0 fully saturated rings. The Morgan fingerprint density at radius 3 is 2.71 bits per heavy atom. The van der Waals surface area contributed by atoms with Crippen LogP contribution in [-0.2, 0) is 16.0 Å². The van der Waals surface area contributed by atoms with Crippen molar-refractivity contribution in [3.8, 4) is 5.75 Å². The zero-order valence-corrected chi connectivity index (χ0v) is 10.3. The van der Waals surface area contributed by atoms with Gasteiger partial charge in [-0.15, -0.1) is 0 Å². The van der Waals surface area contributed by atoms with E-state index in [0.29, 0.717) is 5.56 Å². The second-order valence-corrected chi connectivity index (χ2v) is 4.01. The van der Waals surface area contributed by atoms with Crippen LogP contribution in [0.3, 0.4) is 0 Å². The first-order valence-corrected chi connectivity index (χ1v) is 5.49. The van der Waals surface area contributed by atoms with Gasteiger partial charge in [-0.25, -0.2) is 4.39 Å². The van der Waals surface area contributed by atoms with E-state index in [9.17, 15) is 9.18 Å². The summed E-state index contributed by atoms with van der Waals surface area (Å²) in [6.45, 7) is 3.70. The molecule has 17 heavy (non-hydrogen) atoms. The van der Waals surface area contributed by atoms with Crippen molar-refractivity contribution in [1.29, 1.82) is 0 Å². The number of Topliss-reactive ketones (excluding diaryl/α,β-unsaturated/α-hetero) is 1. The Labute approximate surface area is 101 Å². The van der Waals surface area contributed by atoms with Gasteiger partial charge in [0, 0.05) is 6.42 Å². The number of ketones is 1. The minimum Gasteiger partial charge on any atom is -0.494 e. The van der Waals surface area contributed by atoms with Crippen molar-refractivity contribution in [2.24, 2.45) is 0 Å². The van der Waals surface area contributed by atoms with Crippen molar-refractivity contribution >= 4 is 5.78 Å². The predicted molar refractivity (Wildman–Crippen MR) is 62.8 cm³/mol. The summed E-state index contributed by atoms with van der Waals surface area (Å²) in [5.74, 6) is -0.473. The molecule has 0 radical (unpaired) electrons. The van der Waals surface area contributed by atoms with E-state index in [1.54, 1.807) is 12.1 Å². The number of benzene rings is 1. The quantitative estimate of drug-likeness (QED) is 0.765. The van der Waals surface area contributed by atoms with Crippen molar-refractivity contribution in [2.45, 2.75) is 26.4 Å². The van der Waals surface area contributed by atoms with Crippen LogP contribution in [0.4, 0.5) is 4.39 Å². The van der Waals surface area contributed by atoms with Gasteiger partial charge in [0.1, 0.15) is 6.61 Å². The van der Waals surface area contributed by atoms with Gasteiger partial charge < -0.3 is 9.47 Å². The number of carbonyl (C=O) groups is 1. The molecule has 0 aromatic heterocycles. The summed E-state index contributed by atoms with van der Waals surface area (Å²) in [6, 6.07) is 4.76. The molecule has 0 saturated carbocycles. The molecule has 0 amide bonds. The van der Waals surface area contributed by atoms with Crippen LogP contribution in [0.1, 0.15) is 19.4 Å². The fourth-order valence-electron chi connectivity index (χ4n) is 1.37. The van der Waals surface area contributed by atoms with E-state index in [0.717, 1.165) is 0 Å². The number of hydrogen-bond acceptors (Lipinski definition) is 3. The number of halogens is 1. The summed E-state index contributed by atoms with van der Waals surface area (Å²) < 4.78 is 23.7. The summed E-state index contributed by atoms with van der Waals surface area (Å²) in [5.41, 5.74) is 0.335. The van der Waals surface area contributed by atoms with Gasteiger partial charge in [-0.3, -0.25) is 4.79 Å². The maximum Gasteiger partial charge on any atom is 0.168 e. The maximum absolute atomic E-state index is 13.7. The molecule has 94 valence electrons. The first kappa shape index (κ1) is 13.6. The zero-order chi connectivity index (χ0) is 12.8. The van der Waals surface area contributed by atoms with E-state index in [1.165, 1.54) is 13.2 Å². The lowest BCUT2D eigenvalue weighted by Crippen LogP contribution is -2.15. The topological polar surface area (TPSA) is 35.5 Å². The molecule has 1 rings (SSSR count). The van der Waals surface area contributed by atoms with Crippen LogP contribution in [0.15, 0.2) is 18.2 Å². The van der Waals surface area contributed by atoms with Gasteiger partial charge in [-0.05, 0) is 25.5 Å². The molecule has 1 aromatic rings. The van der Waals surface area contributed by atoms with E-state index < -0.39 is 5.82 Å². The summed E-state index contributed by atoms with van der Waals surface area (Å²) in [6.07, 6.45) is 0.0181. The smallest absolute Gasteiger partial charge is 0.168 e. The molecule has 4 heteroatoms. The van der Waals surface area contributed by atoms with Crippen molar-refractivity contribution in [3.63, 3.8) is 0 Å². The van der Waals surface area contributed by atoms with E-state index in [2.05, 4.69) is 0 Å². The molecule has 0 heterocycles. The standard InChI is InChI=1S/C13H17FO3/c1-9(2)17-8-11(15)7-10-5-4-6-12(16-3)13(10)14/h4-6,9H,7-8H2,1-3H3. The molecular weight excluding hydrogens is 223 g/mol. The second-order valence-electron chi connectivity index (χ2n) is 4.01. The molecule has 0 N–H and O–H groups in total. The molecule has 0 atom stereocenters. The van der Waals surface area contributed by atoms with Crippen LogP contribution in [0, 0.1) is 5.82 Å². The van der Waals surface area contributed by atoms with Crippen molar-refractivity contribution in [1.82, 2.24) is 0 Å². The molecule has 0 bridgehead atoms. The van der Waals surface area contributed by atoms with E-state index in [-0.39, 0.29) is 30.7 Å². The Kier molecular flexibility index (Phi) is 5.10. The normalized spacial score (nSPS) is 10.6. The number of methoxy groups -OCH3 is 1. The van der Waals surface area contributed by atoms with Crippen molar-refractivity contribution < 1.29 is 18.7 Å². The molecule has 0 unspecified atom stereocenters.